The Balaban J connectivity index is 1.53. The standard InChI is InChI=1S/C20H20N4OS/c1-26-20-22-11-17(12-23-20)19(25)24-8-4-7-16(13-24)18-9-14-5-2-3-6-15(14)10-21-18/h2-3,5-6,9-12,16H,4,7-8,13H2,1H3/t16-/m0/s1. The number of thioether (sulfide) groups is 1. The number of piperidine rings is 1. The molecule has 4 rings (SSSR count). The van der Waals surface area contributed by atoms with Gasteiger partial charge in [0, 0.05) is 48.7 Å². The number of carbonyl (C=O) groups is 1. The van der Waals surface area contributed by atoms with Gasteiger partial charge in [-0.05, 0) is 30.6 Å². The molecule has 26 heavy (non-hydrogen) atoms. The normalized spacial score (nSPS) is 17.4. The van der Waals surface area contributed by atoms with Crippen LogP contribution in [0.4, 0.5) is 0 Å². The molecule has 2 aromatic heterocycles. The van der Waals surface area contributed by atoms with E-state index in [0.717, 1.165) is 30.5 Å². The maximum Gasteiger partial charge on any atom is 0.257 e. The zero-order valence-electron chi connectivity index (χ0n) is 14.6. The lowest BCUT2D eigenvalue weighted by molar-refractivity contribution is 0.0705. The van der Waals surface area contributed by atoms with Crippen molar-refractivity contribution >= 4 is 28.4 Å². The number of likely N-dealkylation sites (tertiary alicyclic amines) is 1. The number of hydrogen-bond acceptors (Lipinski definition) is 5. The molecule has 0 radical (unpaired) electrons. The van der Waals surface area contributed by atoms with Crippen LogP contribution in [0.15, 0.2) is 54.1 Å². The van der Waals surface area contributed by atoms with E-state index in [2.05, 4.69) is 33.2 Å². The van der Waals surface area contributed by atoms with Gasteiger partial charge in [-0.3, -0.25) is 9.78 Å². The topological polar surface area (TPSA) is 59.0 Å². The van der Waals surface area contributed by atoms with Crippen LogP contribution in [-0.2, 0) is 0 Å². The van der Waals surface area contributed by atoms with E-state index in [9.17, 15) is 4.79 Å². The molecule has 0 bridgehead atoms. The highest BCUT2D eigenvalue weighted by molar-refractivity contribution is 7.98. The Morgan fingerprint density at radius 1 is 1.12 bits per heavy atom. The first kappa shape index (κ1) is 17.0. The van der Waals surface area contributed by atoms with Gasteiger partial charge in [0.25, 0.3) is 5.91 Å². The second-order valence-corrected chi connectivity index (χ2v) is 7.28. The summed E-state index contributed by atoms with van der Waals surface area (Å²) in [4.78, 5) is 27.8. The first-order chi connectivity index (χ1) is 12.7. The fraction of sp³-hybridized carbons (Fsp3) is 0.300. The minimum Gasteiger partial charge on any atom is -0.338 e. The zero-order valence-corrected chi connectivity index (χ0v) is 15.4. The molecule has 0 N–H and O–H groups in total. The van der Waals surface area contributed by atoms with Crippen LogP contribution >= 0.6 is 11.8 Å². The molecule has 1 aliphatic heterocycles. The van der Waals surface area contributed by atoms with Gasteiger partial charge in [0.1, 0.15) is 0 Å². The van der Waals surface area contributed by atoms with Crippen molar-refractivity contribution < 1.29 is 4.79 Å². The van der Waals surface area contributed by atoms with Gasteiger partial charge in [-0.15, -0.1) is 0 Å². The second-order valence-electron chi connectivity index (χ2n) is 6.51. The van der Waals surface area contributed by atoms with E-state index in [0.29, 0.717) is 17.3 Å². The SMILES string of the molecule is CSc1ncc(C(=O)N2CCC[C@H](c3cc4ccccc4cn3)C2)cn1. The Hall–Kier alpha value is -2.47. The van der Waals surface area contributed by atoms with Crippen molar-refractivity contribution in [3.63, 3.8) is 0 Å². The van der Waals surface area contributed by atoms with Crippen molar-refractivity contribution in [2.24, 2.45) is 0 Å². The third-order valence-corrected chi connectivity index (χ3v) is 5.41. The number of hydrogen-bond donors (Lipinski definition) is 0. The quantitative estimate of drug-likeness (QED) is 0.523. The van der Waals surface area contributed by atoms with Gasteiger partial charge in [-0.25, -0.2) is 9.97 Å². The second kappa shape index (κ2) is 7.41. The van der Waals surface area contributed by atoms with Crippen LogP contribution in [0.3, 0.4) is 0 Å². The molecule has 1 atom stereocenters. The van der Waals surface area contributed by atoms with E-state index < -0.39 is 0 Å². The van der Waals surface area contributed by atoms with E-state index in [1.54, 1.807) is 12.4 Å². The van der Waals surface area contributed by atoms with E-state index >= 15 is 0 Å². The minimum absolute atomic E-state index is 0.00291. The molecule has 0 aliphatic carbocycles. The van der Waals surface area contributed by atoms with E-state index in [-0.39, 0.29) is 11.8 Å². The third-order valence-electron chi connectivity index (χ3n) is 4.84. The maximum absolute atomic E-state index is 12.8. The molecular weight excluding hydrogens is 344 g/mol. The lowest BCUT2D eigenvalue weighted by Crippen LogP contribution is -2.39. The largest absolute Gasteiger partial charge is 0.338 e. The Kier molecular flexibility index (Phi) is 4.84. The molecule has 3 heterocycles. The molecule has 0 spiro atoms. The molecule has 1 amide bonds. The maximum atomic E-state index is 12.8. The predicted molar refractivity (Wildman–Crippen MR) is 103 cm³/mol. The van der Waals surface area contributed by atoms with Crippen LogP contribution < -0.4 is 0 Å². The predicted octanol–water partition coefficient (Wildman–Crippen LogP) is 3.77. The van der Waals surface area contributed by atoms with Gasteiger partial charge in [-0.2, -0.15) is 0 Å². The summed E-state index contributed by atoms with van der Waals surface area (Å²) in [5.74, 6) is 0.270. The summed E-state index contributed by atoms with van der Waals surface area (Å²) in [5, 5.41) is 3.02. The highest BCUT2D eigenvalue weighted by Crippen LogP contribution is 2.28. The molecule has 0 saturated carbocycles. The molecular formula is C20H20N4OS. The van der Waals surface area contributed by atoms with Crippen LogP contribution in [0.5, 0.6) is 0 Å². The van der Waals surface area contributed by atoms with E-state index in [1.165, 1.54) is 17.1 Å². The van der Waals surface area contributed by atoms with Crippen molar-refractivity contribution in [1.29, 1.82) is 0 Å². The van der Waals surface area contributed by atoms with Gasteiger partial charge < -0.3 is 4.90 Å². The van der Waals surface area contributed by atoms with Crippen molar-refractivity contribution in [2.45, 2.75) is 23.9 Å². The summed E-state index contributed by atoms with van der Waals surface area (Å²) in [6, 6.07) is 10.4. The Labute approximate surface area is 156 Å². The van der Waals surface area contributed by atoms with Crippen molar-refractivity contribution in [3.8, 4) is 0 Å². The average molecular weight is 364 g/mol. The number of carbonyl (C=O) groups excluding carboxylic acids is 1. The summed E-state index contributed by atoms with van der Waals surface area (Å²) < 4.78 is 0. The number of amides is 1. The Bertz CT molecular complexity index is 929. The van der Waals surface area contributed by atoms with Gasteiger partial charge in [0.05, 0.1) is 5.56 Å². The Morgan fingerprint density at radius 2 is 1.88 bits per heavy atom. The first-order valence-corrected chi connectivity index (χ1v) is 9.97. The monoisotopic (exact) mass is 364 g/mol. The van der Waals surface area contributed by atoms with Crippen LogP contribution in [0.2, 0.25) is 0 Å². The summed E-state index contributed by atoms with van der Waals surface area (Å²) in [7, 11) is 0. The molecule has 5 nitrogen and oxygen atoms in total. The molecule has 1 aromatic carbocycles. The van der Waals surface area contributed by atoms with E-state index in [1.807, 2.05) is 29.5 Å². The van der Waals surface area contributed by atoms with Gasteiger partial charge in [0.15, 0.2) is 5.16 Å². The fourth-order valence-electron chi connectivity index (χ4n) is 3.44. The van der Waals surface area contributed by atoms with Crippen LogP contribution in [-0.4, -0.2) is 45.1 Å². The lowest BCUT2D eigenvalue weighted by Gasteiger charge is -2.32. The molecule has 3 aromatic rings. The van der Waals surface area contributed by atoms with Crippen LogP contribution in [0.25, 0.3) is 10.8 Å². The number of fused-ring (bicyclic) bond motifs is 1. The molecule has 1 aliphatic rings. The third kappa shape index (κ3) is 3.42. The fourth-order valence-corrected chi connectivity index (χ4v) is 3.76. The summed E-state index contributed by atoms with van der Waals surface area (Å²) >= 11 is 1.47. The molecule has 0 unspecified atom stereocenters. The minimum atomic E-state index is 0.00291. The van der Waals surface area contributed by atoms with Crippen molar-refractivity contribution in [1.82, 2.24) is 19.9 Å². The Morgan fingerprint density at radius 3 is 2.65 bits per heavy atom. The molecule has 132 valence electrons. The number of rotatable bonds is 3. The van der Waals surface area contributed by atoms with Crippen LogP contribution in [0, 0.1) is 0 Å². The van der Waals surface area contributed by atoms with Crippen molar-refractivity contribution in [3.05, 3.63) is 60.2 Å². The van der Waals surface area contributed by atoms with E-state index in [4.69, 9.17) is 0 Å². The van der Waals surface area contributed by atoms with Gasteiger partial charge in [0.2, 0.25) is 0 Å². The van der Waals surface area contributed by atoms with Gasteiger partial charge >= 0.3 is 0 Å². The smallest absolute Gasteiger partial charge is 0.257 e. The zero-order chi connectivity index (χ0) is 17.9. The molecule has 1 saturated heterocycles. The highest BCUT2D eigenvalue weighted by atomic mass is 32.2. The first-order valence-electron chi connectivity index (χ1n) is 8.74. The number of benzene rings is 1. The average Bonchev–Trinajstić information content (AvgIpc) is 2.73. The summed E-state index contributed by atoms with van der Waals surface area (Å²) in [6.07, 6.45) is 9.13. The number of aromatic nitrogens is 3. The highest BCUT2D eigenvalue weighted by Gasteiger charge is 2.26. The number of nitrogens with zero attached hydrogens (tertiary/aromatic N) is 4. The lowest BCUT2D eigenvalue weighted by atomic mass is 9.93. The summed E-state index contributed by atoms with van der Waals surface area (Å²) in [6.45, 7) is 1.46. The van der Waals surface area contributed by atoms with Gasteiger partial charge in [-0.1, -0.05) is 36.0 Å². The molecule has 1 fully saturated rings. The van der Waals surface area contributed by atoms with Crippen LogP contribution in [0.1, 0.15) is 34.8 Å². The summed E-state index contributed by atoms with van der Waals surface area (Å²) in [5.41, 5.74) is 1.62. The van der Waals surface area contributed by atoms with Crippen molar-refractivity contribution in [2.75, 3.05) is 19.3 Å². The molecule has 6 heteroatoms. The number of pyridine rings is 1.